The molecule has 2 rings (SSSR count). The van der Waals surface area contributed by atoms with Crippen molar-refractivity contribution in [3.8, 4) is 0 Å². The summed E-state index contributed by atoms with van der Waals surface area (Å²) in [6.07, 6.45) is 3.42. The van der Waals surface area contributed by atoms with Crippen molar-refractivity contribution in [3.63, 3.8) is 0 Å². The number of aryl methyl sites for hydroxylation is 2. The minimum atomic E-state index is -3.47. The van der Waals surface area contributed by atoms with Gasteiger partial charge in [-0.05, 0) is 45.6 Å². The Morgan fingerprint density at radius 2 is 1.80 bits per heavy atom. The summed E-state index contributed by atoms with van der Waals surface area (Å²) in [5.74, 6) is 1.08. The van der Waals surface area contributed by atoms with Crippen LogP contribution in [0, 0.1) is 13.8 Å². The molecule has 1 aliphatic carbocycles. The quantitative estimate of drug-likeness (QED) is 0.925. The number of sulfonamides is 1. The predicted octanol–water partition coefficient (Wildman–Crippen LogP) is 2.21. The number of hydrogen-bond acceptors (Lipinski definition) is 4. The van der Waals surface area contributed by atoms with Crippen LogP contribution in [0.1, 0.15) is 37.2 Å². The van der Waals surface area contributed by atoms with E-state index >= 15 is 0 Å². The third kappa shape index (κ3) is 3.36. The van der Waals surface area contributed by atoms with E-state index in [9.17, 15) is 8.42 Å². The molecule has 5 nitrogen and oxygen atoms in total. The Hall–Kier alpha value is -0.560. The average Bonchev–Trinajstić information content (AvgIpc) is 2.69. The highest BCUT2D eigenvalue weighted by atomic mass is 35.5. The fraction of sp³-hybridized carbons (Fsp3) is 0.692. The van der Waals surface area contributed by atoms with Crippen LogP contribution in [-0.2, 0) is 10.0 Å². The number of nitrogens with two attached hydrogens (primary N) is 1. The van der Waals surface area contributed by atoms with Crippen molar-refractivity contribution in [2.45, 2.75) is 56.5 Å². The predicted molar refractivity (Wildman–Crippen MR) is 80.6 cm³/mol. The van der Waals surface area contributed by atoms with Crippen LogP contribution in [0.4, 0.5) is 0 Å². The molecule has 1 aromatic rings. The Labute approximate surface area is 127 Å². The molecule has 1 heterocycles. The lowest BCUT2D eigenvalue weighted by Crippen LogP contribution is -2.41. The van der Waals surface area contributed by atoms with Gasteiger partial charge in [-0.3, -0.25) is 0 Å². The standard InChI is InChI=1S/C13H22N2O3S.ClH/c1-9-8-13(10(2)18-9)19(16,17)15(3)12-6-4-11(14)5-7-12;/h8,11-12H,4-7,14H2,1-3H3;1H. The number of rotatable bonds is 3. The molecule has 20 heavy (non-hydrogen) atoms. The van der Waals surface area contributed by atoms with Crippen LogP contribution in [0.2, 0.25) is 0 Å². The van der Waals surface area contributed by atoms with E-state index in [1.807, 2.05) is 0 Å². The maximum absolute atomic E-state index is 12.6. The number of nitrogens with zero attached hydrogens (tertiary/aromatic N) is 1. The van der Waals surface area contributed by atoms with Gasteiger partial charge in [-0.25, -0.2) is 8.42 Å². The van der Waals surface area contributed by atoms with Gasteiger partial charge in [0.05, 0.1) is 0 Å². The molecule has 1 aromatic heterocycles. The Morgan fingerprint density at radius 1 is 1.25 bits per heavy atom. The molecule has 0 spiro atoms. The second-order valence-electron chi connectivity index (χ2n) is 5.37. The molecule has 0 aliphatic heterocycles. The summed E-state index contributed by atoms with van der Waals surface area (Å²) in [7, 11) is -1.82. The van der Waals surface area contributed by atoms with E-state index in [0.717, 1.165) is 25.7 Å². The first-order chi connectivity index (χ1) is 8.82. The first-order valence-corrected chi connectivity index (χ1v) is 8.07. The SMILES string of the molecule is Cc1cc(S(=O)(=O)N(C)C2CCC(N)CC2)c(C)o1.Cl. The van der Waals surface area contributed by atoms with Crippen molar-refractivity contribution < 1.29 is 12.8 Å². The maximum atomic E-state index is 12.6. The Bertz CT molecular complexity index is 548. The summed E-state index contributed by atoms with van der Waals surface area (Å²) >= 11 is 0. The first kappa shape index (κ1) is 17.5. The van der Waals surface area contributed by atoms with Gasteiger partial charge < -0.3 is 10.2 Å². The summed E-state index contributed by atoms with van der Waals surface area (Å²) in [5, 5.41) is 0. The van der Waals surface area contributed by atoms with Gasteiger partial charge in [0.25, 0.3) is 0 Å². The minimum absolute atomic E-state index is 0. The number of hydrogen-bond donors (Lipinski definition) is 1. The molecule has 0 aromatic carbocycles. The van der Waals surface area contributed by atoms with Gasteiger partial charge in [0.15, 0.2) is 0 Å². The lowest BCUT2D eigenvalue weighted by atomic mass is 9.92. The summed E-state index contributed by atoms with van der Waals surface area (Å²) < 4.78 is 32.0. The van der Waals surface area contributed by atoms with E-state index in [1.165, 1.54) is 4.31 Å². The molecule has 2 N–H and O–H groups in total. The lowest BCUT2D eigenvalue weighted by molar-refractivity contribution is 0.268. The van der Waals surface area contributed by atoms with Gasteiger partial charge in [-0.1, -0.05) is 0 Å². The molecule has 0 radical (unpaired) electrons. The Morgan fingerprint density at radius 3 is 2.25 bits per heavy atom. The van der Waals surface area contributed by atoms with Crippen molar-refractivity contribution >= 4 is 22.4 Å². The van der Waals surface area contributed by atoms with Gasteiger partial charge in [0, 0.05) is 19.1 Å². The third-order valence-electron chi connectivity index (χ3n) is 3.91. The Kier molecular flexibility index (Phi) is 5.66. The van der Waals surface area contributed by atoms with Crippen molar-refractivity contribution in [1.82, 2.24) is 4.31 Å². The first-order valence-electron chi connectivity index (χ1n) is 6.63. The van der Waals surface area contributed by atoms with Crippen LogP contribution in [0.3, 0.4) is 0 Å². The largest absolute Gasteiger partial charge is 0.465 e. The summed E-state index contributed by atoms with van der Waals surface area (Å²) in [6.45, 7) is 3.44. The van der Waals surface area contributed by atoms with E-state index in [0.29, 0.717) is 11.5 Å². The molecule has 1 saturated carbocycles. The number of furan rings is 1. The second kappa shape index (κ2) is 6.47. The highest BCUT2D eigenvalue weighted by Crippen LogP contribution is 2.28. The molecule has 0 atom stereocenters. The molecule has 1 aliphatic rings. The van der Waals surface area contributed by atoms with Crippen molar-refractivity contribution in [1.29, 1.82) is 0 Å². The van der Waals surface area contributed by atoms with Crippen LogP contribution in [0.5, 0.6) is 0 Å². The van der Waals surface area contributed by atoms with Gasteiger partial charge in [0.2, 0.25) is 10.0 Å². The Balaban J connectivity index is 0.00000200. The smallest absolute Gasteiger partial charge is 0.246 e. The highest BCUT2D eigenvalue weighted by molar-refractivity contribution is 7.89. The van der Waals surface area contributed by atoms with Crippen LogP contribution in [0.15, 0.2) is 15.4 Å². The molecule has 0 saturated heterocycles. The molecular formula is C13H23ClN2O3S. The van der Waals surface area contributed by atoms with Crippen molar-refractivity contribution in [2.24, 2.45) is 5.73 Å². The van der Waals surface area contributed by atoms with Crippen LogP contribution < -0.4 is 5.73 Å². The van der Waals surface area contributed by atoms with Gasteiger partial charge in [-0.2, -0.15) is 4.31 Å². The molecular weight excluding hydrogens is 300 g/mol. The summed E-state index contributed by atoms with van der Waals surface area (Å²) in [6, 6.07) is 1.85. The van der Waals surface area contributed by atoms with Gasteiger partial charge in [0.1, 0.15) is 16.4 Å². The average molecular weight is 323 g/mol. The fourth-order valence-electron chi connectivity index (χ4n) is 2.68. The summed E-state index contributed by atoms with van der Waals surface area (Å²) in [5.41, 5.74) is 5.86. The third-order valence-corrected chi connectivity index (χ3v) is 5.93. The van der Waals surface area contributed by atoms with Crippen molar-refractivity contribution in [2.75, 3.05) is 7.05 Å². The van der Waals surface area contributed by atoms with Gasteiger partial charge >= 0.3 is 0 Å². The minimum Gasteiger partial charge on any atom is -0.465 e. The molecule has 0 amide bonds. The molecule has 0 unspecified atom stereocenters. The zero-order chi connectivity index (χ0) is 14.2. The zero-order valence-electron chi connectivity index (χ0n) is 12.1. The van der Waals surface area contributed by atoms with Crippen molar-refractivity contribution in [3.05, 3.63) is 17.6 Å². The molecule has 7 heteroatoms. The normalized spacial score (nSPS) is 23.6. The van der Waals surface area contributed by atoms with E-state index in [1.54, 1.807) is 27.0 Å². The molecule has 0 bridgehead atoms. The summed E-state index contributed by atoms with van der Waals surface area (Å²) in [4.78, 5) is 0.280. The fourth-order valence-corrected chi connectivity index (χ4v) is 4.31. The molecule has 116 valence electrons. The van der Waals surface area contributed by atoms with Crippen LogP contribution in [-0.4, -0.2) is 31.9 Å². The van der Waals surface area contributed by atoms with Crippen LogP contribution >= 0.6 is 12.4 Å². The van der Waals surface area contributed by atoms with E-state index in [2.05, 4.69) is 0 Å². The maximum Gasteiger partial charge on any atom is 0.246 e. The van der Waals surface area contributed by atoms with E-state index < -0.39 is 10.0 Å². The van der Waals surface area contributed by atoms with Gasteiger partial charge in [-0.15, -0.1) is 12.4 Å². The second-order valence-corrected chi connectivity index (χ2v) is 7.33. The monoisotopic (exact) mass is 322 g/mol. The lowest BCUT2D eigenvalue weighted by Gasteiger charge is -2.32. The molecule has 1 fully saturated rings. The topological polar surface area (TPSA) is 76.5 Å². The number of halogens is 1. The van der Waals surface area contributed by atoms with E-state index in [-0.39, 0.29) is 29.4 Å². The van der Waals surface area contributed by atoms with E-state index in [4.69, 9.17) is 10.2 Å². The van der Waals surface area contributed by atoms with Crippen LogP contribution in [0.25, 0.3) is 0 Å². The zero-order valence-corrected chi connectivity index (χ0v) is 13.8. The highest BCUT2D eigenvalue weighted by Gasteiger charge is 2.32.